The highest BCUT2D eigenvalue weighted by Gasteiger charge is 2.38. The summed E-state index contributed by atoms with van der Waals surface area (Å²) in [5.41, 5.74) is 3.05. The number of H-pyrrole nitrogens is 1. The summed E-state index contributed by atoms with van der Waals surface area (Å²) in [6.45, 7) is 10.0. The molecule has 36 heavy (non-hydrogen) atoms. The highest BCUT2D eigenvalue weighted by atomic mass is 16.5. The topological polar surface area (TPSA) is 61.5 Å². The minimum Gasteiger partial charge on any atom is -0.492 e. The molecule has 6 heteroatoms. The van der Waals surface area contributed by atoms with Crippen molar-refractivity contribution >= 4 is 16.8 Å². The lowest BCUT2D eigenvalue weighted by atomic mass is 9.73. The molecule has 1 aromatic heterocycles. The molecule has 2 aliphatic rings. The van der Waals surface area contributed by atoms with Gasteiger partial charge < -0.3 is 9.64 Å². The summed E-state index contributed by atoms with van der Waals surface area (Å²) in [4.78, 5) is 18.0. The van der Waals surface area contributed by atoms with Gasteiger partial charge in [-0.15, -0.1) is 0 Å². The van der Waals surface area contributed by atoms with Crippen molar-refractivity contribution in [3.63, 3.8) is 0 Å². The van der Waals surface area contributed by atoms with E-state index in [1.165, 1.54) is 24.8 Å². The smallest absolute Gasteiger partial charge is 0.274 e. The number of rotatable bonds is 3. The summed E-state index contributed by atoms with van der Waals surface area (Å²) in [5, 5.41) is 8.30. The lowest BCUT2D eigenvalue weighted by molar-refractivity contribution is 0.0352. The SMILES string of the molecule is CC(C)CN1CCOc2ccccc2CCCCC2(CCN(C(=O)c3n[nH]c4ccccc34)CC2)C1. The van der Waals surface area contributed by atoms with Gasteiger partial charge in [-0.05, 0) is 61.1 Å². The van der Waals surface area contributed by atoms with Crippen molar-refractivity contribution < 1.29 is 9.53 Å². The normalized spacial score (nSPS) is 19.5. The number of amides is 1. The van der Waals surface area contributed by atoms with Gasteiger partial charge in [0.15, 0.2) is 5.69 Å². The van der Waals surface area contributed by atoms with Crippen molar-refractivity contribution in [3.8, 4) is 5.75 Å². The number of aryl methyl sites for hydroxylation is 1. The summed E-state index contributed by atoms with van der Waals surface area (Å²) in [6, 6.07) is 16.4. The number of aromatic nitrogens is 2. The molecule has 1 fully saturated rings. The average Bonchev–Trinajstić information content (AvgIpc) is 3.31. The molecule has 3 heterocycles. The largest absolute Gasteiger partial charge is 0.492 e. The average molecular weight is 489 g/mol. The zero-order valence-corrected chi connectivity index (χ0v) is 21.8. The van der Waals surface area contributed by atoms with Gasteiger partial charge in [0, 0.05) is 38.1 Å². The van der Waals surface area contributed by atoms with E-state index in [0.29, 0.717) is 11.6 Å². The highest BCUT2D eigenvalue weighted by molar-refractivity contribution is 6.04. The number of aromatic amines is 1. The molecule has 3 aromatic rings. The maximum absolute atomic E-state index is 13.4. The van der Waals surface area contributed by atoms with Gasteiger partial charge in [-0.3, -0.25) is 14.8 Å². The quantitative estimate of drug-likeness (QED) is 0.525. The fourth-order valence-corrected chi connectivity index (χ4v) is 6.12. The van der Waals surface area contributed by atoms with Gasteiger partial charge in [0.1, 0.15) is 12.4 Å². The van der Waals surface area contributed by atoms with Crippen LogP contribution in [0.25, 0.3) is 10.9 Å². The van der Waals surface area contributed by atoms with Crippen LogP contribution in [0.2, 0.25) is 0 Å². The van der Waals surface area contributed by atoms with Crippen LogP contribution in [0.5, 0.6) is 5.75 Å². The van der Waals surface area contributed by atoms with Crippen molar-refractivity contribution in [2.45, 2.75) is 52.4 Å². The van der Waals surface area contributed by atoms with Gasteiger partial charge >= 0.3 is 0 Å². The van der Waals surface area contributed by atoms with Crippen LogP contribution >= 0.6 is 0 Å². The Labute approximate surface area is 215 Å². The highest BCUT2D eigenvalue weighted by Crippen LogP contribution is 2.39. The van der Waals surface area contributed by atoms with E-state index in [4.69, 9.17) is 4.74 Å². The maximum Gasteiger partial charge on any atom is 0.274 e. The van der Waals surface area contributed by atoms with E-state index in [9.17, 15) is 4.79 Å². The monoisotopic (exact) mass is 488 g/mol. The number of carbonyl (C=O) groups is 1. The Hall–Kier alpha value is -2.86. The molecule has 1 spiro atoms. The Balaban J connectivity index is 1.30. The van der Waals surface area contributed by atoms with Gasteiger partial charge in [0.25, 0.3) is 5.91 Å². The van der Waals surface area contributed by atoms with E-state index in [0.717, 1.165) is 75.2 Å². The lowest BCUT2D eigenvalue weighted by Gasteiger charge is -2.45. The number of hydrogen-bond donors (Lipinski definition) is 1. The predicted molar refractivity (Wildman–Crippen MR) is 144 cm³/mol. The molecule has 0 atom stereocenters. The first-order chi connectivity index (χ1) is 17.5. The second-order valence-electron chi connectivity index (χ2n) is 11.2. The van der Waals surface area contributed by atoms with Crippen LogP contribution in [0, 0.1) is 11.3 Å². The molecule has 192 valence electrons. The van der Waals surface area contributed by atoms with Gasteiger partial charge in [0.05, 0.1) is 5.52 Å². The van der Waals surface area contributed by atoms with Crippen molar-refractivity contribution in [3.05, 3.63) is 59.8 Å². The fraction of sp³-hybridized carbons (Fsp3) is 0.533. The molecular formula is C30H40N4O2. The first-order valence-electron chi connectivity index (χ1n) is 13.7. The zero-order valence-electron chi connectivity index (χ0n) is 21.8. The van der Waals surface area contributed by atoms with Crippen LogP contribution in [0.1, 0.15) is 62.0 Å². The van der Waals surface area contributed by atoms with Crippen molar-refractivity contribution in [2.75, 3.05) is 39.3 Å². The Kier molecular flexibility index (Phi) is 7.61. The molecule has 5 rings (SSSR count). The number of piperidine rings is 1. The van der Waals surface area contributed by atoms with Crippen molar-refractivity contribution in [2.24, 2.45) is 11.3 Å². The summed E-state index contributed by atoms with van der Waals surface area (Å²) in [6.07, 6.45) is 6.77. The Morgan fingerprint density at radius 1 is 1.03 bits per heavy atom. The molecule has 1 N–H and O–H groups in total. The van der Waals surface area contributed by atoms with E-state index in [-0.39, 0.29) is 11.3 Å². The first kappa shape index (κ1) is 24.8. The molecule has 0 bridgehead atoms. The Bertz CT molecular complexity index is 1160. The molecule has 2 aliphatic heterocycles. The Morgan fingerprint density at radius 3 is 2.64 bits per heavy atom. The summed E-state index contributed by atoms with van der Waals surface area (Å²) < 4.78 is 6.27. The number of carbonyl (C=O) groups excluding carboxylic acids is 1. The Morgan fingerprint density at radius 2 is 1.81 bits per heavy atom. The molecule has 1 saturated heterocycles. The van der Waals surface area contributed by atoms with Crippen molar-refractivity contribution in [1.82, 2.24) is 20.0 Å². The molecule has 0 unspecified atom stereocenters. The maximum atomic E-state index is 13.4. The summed E-state index contributed by atoms with van der Waals surface area (Å²) >= 11 is 0. The number of para-hydroxylation sites is 2. The summed E-state index contributed by atoms with van der Waals surface area (Å²) in [5.74, 6) is 1.71. The number of likely N-dealkylation sites (tertiary alicyclic amines) is 1. The second-order valence-corrected chi connectivity index (χ2v) is 11.2. The summed E-state index contributed by atoms with van der Waals surface area (Å²) in [7, 11) is 0. The number of nitrogens with one attached hydrogen (secondary N) is 1. The van der Waals surface area contributed by atoms with E-state index in [1.807, 2.05) is 29.2 Å². The van der Waals surface area contributed by atoms with Crippen LogP contribution in [-0.2, 0) is 6.42 Å². The van der Waals surface area contributed by atoms with Crippen molar-refractivity contribution in [1.29, 1.82) is 0 Å². The predicted octanol–water partition coefficient (Wildman–Crippen LogP) is 5.55. The number of benzene rings is 2. The third-order valence-electron chi connectivity index (χ3n) is 8.01. The van der Waals surface area contributed by atoms with Crippen LogP contribution in [0.4, 0.5) is 0 Å². The second kappa shape index (κ2) is 11.0. The minimum atomic E-state index is 0.0551. The molecule has 0 saturated carbocycles. The molecule has 2 aromatic carbocycles. The fourth-order valence-electron chi connectivity index (χ4n) is 6.12. The number of ether oxygens (including phenoxy) is 1. The van der Waals surface area contributed by atoms with E-state index in [1.54, 1.807) is 0 Å². The third-order valence-corrected chi connectivity index (χ3v) is 8.01. The van der Waals surface area contributed by atoms with Gasteiger partial charge in [-0.2, -0.15) is 5.10 Å². The first-order valence-corrected chi connectivity index (χ1v) is 13.7. The van der Waals surface area contributed by atoms with Gasteiger partial charge in [-0.1, -0.05) is 56.7 Å². The zero-order chi connectivity index (χ0) is 25.0. The van der Waals surface area contributed by atoms with Crippen LogP contribution in [-0.4, -0.2) is 65.2 Å². The molecular weight excluding hydrogens is 448 g/mol. The van der Waals surface area contributed by atoms with E-state index >= 15 is 0 Å². The van der Waals surface area contributed by atoms with E-state index in [2.05, 4.69) is 53.2 Å². The van der Waals surface area contributed by atoms with Crippen LogP contribution in [0.3, 0.4) is 0 Å². The molecule has 0 aliphatic carbocycles. The molecule has 0 radical (unpaired) electrons. The van der Waals surface area contributed by atoms with Gasteiger partial charge in [0.2, 0.25) is 0 Å². The van der Waals surface area contributed by atoms with Gasteiger partial charge in [-0.25, -0.2) is 0 Å². The third kappa shape index (κ3) is 5.59. The molecule has 6 nitrogen and oxygen atoms in total. The number of fused-ring (bicyclic) bond motifs is 2. The number of nitrogens with zero attached hydrogens (tertiary/aromatic N) is 3. The van der Waals surface area contributed by atoms with Crippen LogP contribution < -0.4 is 4.74 Å². The van der Waals surface area contributed by atoms with Crippen LogP contribution in [0.15, 0.2) is 48.5 Å². The van der Waals surface area contributed by atoms with E-state index < -0.39 is 0 Å². The number of hydrogen-bond acceptors (Lipinski definition) is 4. The standard InChI is InChI=1S/C30H40N4O2/c1-23(2)21-33-19-20-36-27-13-6-3-9-24(27)10-7-8-14-30(22-33)15-17-34(18-16-30)29(35)28-25-11-4-5-12-26(25)31-32-28/h3-6,9,11-13,23H,7-8,10,14-22H2,1-2H3,(H,31,32). The molecule has 1 amide bonds. The lowest BCUT2D eigenvalue weighted by Crippen LogP contribution is -2.49. The minimum absolute atomic E-state index is 0.0551.